The van der Waals surface area contributed by atoms with E-state index < -0.39 is 0 Å². The molecule has 0 saturated carbocycles. The summed E-state index contributed by atoms with van der Waals surface area (Å²) in [5.41, 5.74) is -0.295. The maximum atomic E-state index is 12.6. The Bertz CT molecular complexity index is 408. The lowest BCUT2D eigenvalue weighted by Gasteiger charge is -2.49. The van der Waals surface area contributed by atoms with Gasteiger partial charge in [0.1, 0.15) is 0 Å². The fraction of sp³-hybridized carbons (Fsp3) is 0.867. The molecule has 6 heteroatoms. The van der Waals surface area contributed by atoms with Crippen molar-refractivity contribution in [1.29, 1.82) is 0 Å². The van der Waals surface area contributed by atoms with Crippen LogP contribution in [0.3, 0.4) is 0 Å². The standard InChI is InChI=1S/C15H27N3O2.ClH/c1-10(2)18-13(19)8-17(9-15(18,4)5)14(20)11(3)12-6-16-7-12;/h10-12,16H,6-9H2,1-5H3;1H. The van der Waals surface area contributed by atoms with Crippen LogP contribution in [0.1, 0.15) is 34.6 Å². The maximum Gasteiger partial charge on any atom is 0.242 e. The highest BCUT2D eigenvalue weighted by atomic mass is 35.5. The van der Waals surface area contributed by atoms with Crippen LogP contribution in [0.15, 0.2) is 0 Å². The topological polar surface area (TPSA) is 52.7 Å². The van der Waals surface area contributed by atoms with E-state index in [2.05, 4.69) is 5.32 Å². The molecule has 21 heavy (non-hydrogen) atoms. The second-order valence-electron chi connectivity index (χ2n) is 7.07. The van der Waals surface area contributed by atoms with Crippen LogP contribution in [0, 0.1) is 11.8 Å². The highest BCUT2D eigenvalue weighted by molar-refractivity contribution is 5.88. The van der Waals surface area contributed by atoms with E-state index >= 15 is 0 Å². The number of hydrogen-bond donors (Lipinski definition) is 1. The van der Waals surface area contributed by atoms with Crippen LogP contribution >= 0.6 is 12.4 Å². The molecule has 1 atom stereocenters. The number of piperazine rings is 1. The summed E-state index contributed by atoms with van der Waals surface area (Å²) in [5.74, 6) is 0.610. The molecule has 0 bridgehead atoms. The number of carbonyl (C=O) groups excluding carboxylic acids is 2. The zero-order chi connectivity index (χ0) is 15.1. The lowest BCUT2D eigenvalue weighted by molar-refractivity contribution is -0.158. The van der Waals surface area contributed by atoms with Gasteiger partial charge in [0, 0.05) is 18.5 Å². The molecule has 0 aromatic rings. The first-order valence-corrected chi connectivity index (χ1v) is 7.55. The van der Waals surface area contributed by atoms with Gasteiger partial charge in [0.25, 0.3) is 0 Å². The normalized spacial score (nSPS) is 23.6. The molecule has 0 spiro atoms. The van der Waals surface area contributed by atoms with Gasteiger partial charge in [-0.2, -0.15) is 0 Å². The molecule has 2 aliphatic heterocycles. The summed E-state index contributed by atoms with van der Waals surface area (Å²) in [7, 11) is 0. The molecule has 0 aromatic heterocycles. The Hall–Kier alpha value is -0.810. The van der Waals surface area contributed by atoms with Crippen molar-refractivity contribution in [3.05, 3.63) is 0 Å². The largest absolute Gasteiger partial charge is 0.332 e. The van der Waals surface area contributed by atoms with Gasteiger partial charge in [-0.15, -0.1) is 12.4 Å². The number of amides is 2. The monoisotopic (exact) mass is 317 g/mol. The fourth-order valence-electron chi connectivity index (χ4n) is 3.47. The quantitative estimate of drug-likeness (QED) is 0.849. The molecule has 2 aliphatic rings. The summed E-state index contributed by atoms with van der Waals surface area (Å²) in [4.78, 5) is 28.6. The minimum atomic E-state index is -0.295. The van der Waals surface area contributed by atoms with Crippen LogP contribution in [0.5, 0.6) is 0 Å². The first-order chi connectivity index (χ1) is 9.24. The molecule has 122 valence electrons. The molecule has 0 aliphatic carbocycles. The van der Waals surface area contributed by atoms with Crippen molar-refractivity contribution in [2.45, 2.75) is 46.2 Å². The van der Waals surface area contributed by atoms with E-state index in [1.807, 2.05) is 39.5 Å². The van der Waals surface area contributed by atoms with E-state index in [0.717, 1.165) is 13.1 Å². The number of rotatable bonds is 3. The molecule has 2 heterocycles. The molecule has 1 unspecified atom stereocenters. The molecule has 2 saturated heterocycles. The second kappa shape index (κ2) is 6.53. The minimum absolute atomic E-state index is 0. The summed E-state index contributed by atoms with van der Waals surface area (Å²) in [6.07, 6.45) is 0. The van der Waals surface area contributed by atoms with Gasteiger partial charge in [0.15, 0.2) is 0 Å². The zero-order valence-electron chi connectivity index (χ0n) is 13.7. The summed E-state index contributed by atoms with van der Waals surface area (Å²) in [5, 5.41) is 3.20. The van der Waals surface area contributed by atoms with Crippen LogP contribution < -0.4 is 5.32 Å². The second-order valence-corrected chi connectivity index (χ2v) is 7.07. The van der Waals surface area contributed by atoms with Crippen molar-refractivity contribution in [3.8, 4) is 0 Å². The smallest absolute Gasteiger partial charge is 0.242 e. The number of hydrogen-bond acceptors (Lipinski definition) is 3. The van der Waals surface area contributed by atoms with E-state index in [4.69, 9.17) is 0 Å². The predicted octanol–water partition coefficient (Wildman–Crippen LogP) is 1.12. The molecule has 2 amide bonds. The van der Waals surface area contributed by atoms with E-state index in [1.165, 1.54) is 0 Å². The first kappa shape index (κ1) is 18.2. The molecule has 0 radical (unpaired) electrons. The van der Waals surface area contributed by atoms with Crippen LogP contribution in [-0.2, 0) is 9.59 Å². The first-order valence-electron chi connectivity index (χ1n) is 7.55. The molecule has 2 rings (SSSR count). The molecular formula is C15H28ClN3O2. The van der Waals surface area contributed by atoms with E-state index in [0.29, 0.717) is 12.5 Å². The number of nitrogens with zero attached hydrogens (tertiary/aromatic N) is 2. The lowest BCUT2D eigenvalue weighted by atomic mass is 9.87. The Labute approximate surface area is 133 Å². The van der Waals surface area contributed by atoms with Gasteiger partial charge in [0.05, 0.1) is 12.1 Å². The molecule has 5 nitrogen and oxygen atoms in total. The van der Waals surface area contributed by atoms with Crippen molar-refractivity contribution in [3.63, 3.8) is 0 Å². The molecule has 1 N–H and O–H groups in total. The van der Waals surface area contributed by atoms with Crippen molar-refractivity contribution < 1.29 is 9.59 Å². The number of halogens is 1. The summed E-state index contributed by atoms with van der Waals surface area (Å²) >= 11 is 0. The molecule has 2 fully saturated rings. The maximum absolute atomic E-state index is 12.6. The predicted molar refractivity (Wildman–Crippen MR) is 85.4 cm³/mol. The van der Waals surface area contributed by atoms with Crippen LogP contribution in [0.2, 0.25) is 0 Å². The Morgan fingerprint density at radius 3 is 2.24 bits per heavy atom. The van der Waals surface area contributed by atoms with Crippen molar-refractivity contribution >= 4 is 24.2 Å². The number of carbonyl (C=O) groups is 2. The SMILES string of the molecule is CC(C(=O)N1CC(=O)N(C(C)C)C(C)(C)C1)C1CNC1.Cl. The van der Waals surface area contributed by atoms with Crippen LogP contribution in [0.25, 0.3) is 0 Å². The molecule has 0 aromatic carbocycles. The average molecular weight is 318 g/mol. The van der Waals surface area contributed by atoms with Gasteiger partial charge >= 0.3 is 0 Å². The Morgan fingerprint density at radius 2 is 1.86 bits per heavy atom. The summed E-state index contributed by atoms with van der Waals surface area (Å²) < 4.78 is 0. The third kappa shape index (κ3) is 3.51. The van der Waals surface area contributed by atoms with Gasteiger partial charge in [-0.25, -0.2) is 0 Å². The van der Waals surface area contributed by atoms with Gasteiger partial charge in [-0.05, 0) is 46.7 Å². The van der Waals surface area contributed by atoms with Gasteiger partial charge in [0.2, 0.25) is 11.8 Å². The lowest BCUT2D eigenvalue weighted by Crippen LogP contribution is -2.66. The highest BCUT2D eigenvalue weighted by Crippen LogP contribution is 2.27. The fourth-order valence-corrected chi connectivity index (χ4v) is 3.47. The Kier molecular flexibility index (Phi) is 5.67. The highest BCUT2D eigenvalue weighted by Gasteiger charge is 2.43. The zero-order valence-corrected chi connectivity index (χ0v) is 14.5. The number of nitrogens with one attached hydrogen (secondary N) is 1. The Morgan fingerprint density at radius 1 is 1.29 bits per heavy atom. The minimum Gasteiger partial charge on any atom is -0.332 e. The molecular weight excluding hydrogens is 290 g/mol. The average Bonchev–Trinajstić information content (AvgIpc) is 2.22. The third-order valence-electron chi connectivity index (χ3n) is 4.56. The third-order valence-corrected chi connectivity index (χ3v) is 4.56. The van der Waals surface area contributed by atoms with Crippen molar-refractivity contribution in [2.75, 3.05) is 26.2 Å². The van der Waals surface area contributed by atoms with Crippen molar-refractivity contribution in [1.82, 2.24) is 15.1 Å². The van der Waals surface area contributed by atoms with E-state index in [9.17, 15) is 9.59 Å². The van der Waals surface area contributed by atoms with Crippen LogP contribution in [0.4, 0.5) is 0 Å². The Balaban J connectivity index is 0.00000220. The van der Waals surface area contributed by atoms with Gasteiger partial charge in [-0.1, -0.05) is 6.92 Å². The van der Waals surface area contributed by atoms with E-state index in [1.54, 1.807) is 4.90 Å². The summed E-state index contributed by atoms with van der Waals surface area (Å²) in [6, 6.07) is 0.169. The van der Waals surface area contributed by atoms with Gasteiger partial charge in [-0.3, -0.25) is 9.59 Å². The van der Waals surface area contributed by atoms with Gasteiger partial charge < -0.3 is 15.1 Å². The van der Waals surface area contributed by atoms with E-state index in [-0.39, 0.29) is 48.3 Å². The van der Waals surface area contributed by atoms with Crippen LogP contribution in [-0.4, -0.2) is 59.4 Å². The summed E-state index contributed by atoms with van der Waals surface area (Å²) in [6.45, 7) is 12.8. The van der Waals surface area contributed by atoms with Crippen molar-refractivity contribution in [2.24, 2.45) is 11.8 Å².